The SMILES string of the molecule is [B]c1cc(C([B])Oc2cccc3c2CN(C2CCC(=O)NC2=O)C3=O)ccc1CN1CCOCC1=O. The fourth-order valence-corrected chi connectivity index (χ4v) is 4.73. The molecule has 0 bridgehead atoms. The van der Waals surface area contributed by atoms with Crippen molar-refractivity contribution < 1.29 is 28.7 Å². The third-order valence-corrected chi connectivity index (χ3v) is 6.74. The smallest absolute Gasteiger partial charge is 0.255 e. The number of nitrogens with one attached hydrogen (secondary N) is 1. The number of ether oxygens (including phenoxy) is 2. The minimum atomic E-state index is -0.863. The van der Waals surface area contributed by atoms with E-state index in [4.69, 9.17) is 25.2 Å². The predicted molar refractivity (Wildman–Crippen MR) is 130 cm³/mol. The lowest BCUT2D eigenvalue weighted by atomic mass is 9.83. The molecule has 3 heterocycles. The number of amides is 4. The van der Waals surface area contributed by atoms with Gasteiger partial charge in [-0.15, -0.1) is 0 Å². The number of carbonyl (C=O) groups excluding carboxylic acids is 4. The zero-order chi connectivity index (χ0) is 25.4. The van der Waals surface area contributed by atoms with Gasteiger partial charge in [-0.25, -0.2) is 0 Å². The van der Waals surface area contributed by atoms with Gasteiger partial charge in [0.25, 0.3) is 5.91 Å². The third-order valence-electron chi connectivity index (χ3n) is 6.74. The average molecular weight is 483 g/mol. The molecular formula is C25H23B2N3O6. The highest BCUT2D eigenvalue weighted by atomic mass is 16.5. The van der Waals surface area contributed by atoms with E-state index < -0.39 is 18.0 Å². The number of morpholine rings is 1. The second kappa shape index (κ2) is 9.81. The summed E-state index contributed by atoms with van der Waals surface area (Å²) in [4.78, 5) is 52.0. The molecule has 2 unspecified atom stereocenters. The summed E-state index contributed by atoms with van der Waals surface area (Å²) in [6.45, 7) is 1.64. The first-order chi connectivity index (χ1) is 17.3. The van der Waals surface area contributed by atoms with Crippen LogP contribution < -0.4 is 15.5 Å². The maximum absolute atomic E-state index is 13.0. The van der Waals surface area contributed by atoms with Crippen LogP contribution in [0.5, 0.6) is 5.75 Å². The number of fused-ring (bicyclic) bond motifs is 1. The Morgan fingerprint density at radius 3 is 2.75 bits per heavy atom. The van der Waals surface area contributed by atoms with Gasteiger partial charge in [0.15, 0.2) is 0 Å². The number of imide groups is 1. The summed E-state index contributed by atoms with van der Waals surface area (Å²) in [5.74, 6) is -0.740. The number of hydrogen-bond donors (Lipinski definition) is 1. The van der Waals surface area contributed by atoms with Crippen LogP contribution in [0.1, 0.15) is 45.9 Å². The summed E-state index contributed by atoms with van der Waals surface area (Å²) in [5, 5.41) is 2.30. The van der Waals surface area contributed by atoms with Crippen molar-refractivity contribution in [3.8, 4) is 5.75 Å². The zero-order valence-electron chi connectivity index (χ0n) is 19.6. The molecule has 0 saturated carbocycles. The molecule has 4 amide bonds. The number of piperidine rings is 1. The van der Waals surface area contributed by atoms with Crippen molar-refractivity contribution in [2.45, 2.75) is 38.0 Å². The number of benzene rings is 2. The van der Waals surface area contributed by atoms with Crippen LogP contribution in [0.3, 0.4) is 0 Å². The fourth-order valence-electron chi connectivity index (χ4n) is 4.73. The van der Waals surface area contributed by atoms with E-state index in [0.717, 1.165) is 5.56 Å². The highest BCUT2D eigenvalue weighted by molar-refractivity contribution is 6.33. The molecule has 1 N–H and O–H groups in total. The second-order valence-electron chi connectivity index (χ2n) is 9.05. The van der Waals surface area contributed by atoms with Gasteiger partial charge in [-0.2, -0.15) is 0 Å². The van der Waals surface area contributed by atoms with Crippen molar-refractivity contribution in [3.63, 3.8) is 0 Å². The average Bonchev–Trinajstić information content (AvgIpc) is 3.19. The normalized spacial score (nSPS) is 20.8. The van der Waals surface area contributed by atoms with Crippen molar-refractivity contribution in [2.75, 3.05) is 19.8 Å². The minimum absolute atomic E-state index is 0.0710. The van der Waals surface area contributed by atoms with Crippen LogP contribution >= 0.6 is 0 Å². The molecule has 4 radical (unpaired) electrons. The first kappa shape index (κ1) is 24.1. The Morgan fingerprint density at radius 2 is 2.00 bits per heavy atom. The Balaban J connectivity index is 1.30. The van der Waals surface area contributed by atoms with E-state index in [1.165, 1.54) is 4.90 Å². The third kappa shape index (κ3) is 4.63. The summed E-state index contributed by atoms with van der Waals surface area (Å²) >= 11 is 0. The Labute approximate surface area is 210 Å². The van der Waals surface area contributed by atoms with Gasteiger partial charge in [0.05, 0.1) is 19.2 Å². The van der Waals surface area contributed by atoms with E-state index in [-0.39, 0.29) is 43.7 Å². The predicted octanol–water partition coefficient (Wildman–Crippen LogP) is -0.154. The van der Waals surface area contributed by atoms with Gasteiger partial charge in [-0.3, -0.25) is 24.5 Å². The van der Waals surface area contributed by atoms with Gasteiger partial charge in [0.2, 0.25) is 17.7 Å². The van der Waals surface area contributed by atoms with Crippen molar-refractivity contribution in [2.24, 2.45) is 0 Å². The molecule has 3 aliphatic heterocycles. The molecule has 2 aromatic carbocycles. The quantitative estimate of drug-likeness (QED) is 0.453. The summed E-state index contributed by atoms with van der Waals surface area (Å²) in [5.41, 5.74) is 3.00. The maximum atomic E-state index is 13.0. The number of nitrogens with zero attached hydrogens (tertiary/aromatic N) is 2. The van der Waals surface area contributed by atoms with Crippen molar-refractivity contribution in [3.05, 3.63) is 58.7 Å². The zero-order valence-corrected chi connectivity index (χ0v) is 19.6. The van der Waals surface area contributed by atoms with E-state index in [9.17, 15) is 19.2 Å². The molecule has 9 nitrogen and oxygen atoms in total. The summed E-state index contributed by atoms with van der Waals surface area (Å²) in [6, 6.07) is 8.86. The molecule has 2 fully saturated rings. The van der Waals surface area contributed by atoms with Crippen LogP contribution in [0.25, 0.3) is 0 Å². The Kier molecular flexibility index (Phi) is 6.57. The van der Waals surface area contributed by atoms with Crippen LogP contribution in [-0.4, -0.2) is 74.9 Å². The van der Waals surface area contributed by atoms with E-state index in [1.54, 1.807) is 35.2 Å². The fraction of sp³-hybridized carbons (Fsp3) is 0.360. The van der Waals surface area contributed by atoms with Gasteiger partial charge < -0.3 is 19.3 Å². The number of rotatable bonds is 6. The Hall–Kier alpha value is -3.59. The van der Waals surface area contributed by atoms with Crippen LogP contribution in [-0.2, 0) is 32.2 Å². The molecule has 0 spiro atoms. The molecule has 2 aromatic rings. The molecule has 0 aromatic heterocycles. The molecule has 5 rings (SSSR count). The van der Waals surface area contributed by atoms with Crippen molar-refractivity contribution >= 4 is 44.8 Å². The first-order valence-corrected chi connectivity index (χ1v) is 11.7. The highest BCUT2D eigenvalue weighted by Crippen LogP contribution is 2.35. The summed E-state index contributed by atoms with van der Waals surface area (Å²) < 4.78 is 11.2. The van der Waals surface area contributed by atoms with E-state index in [2.05, 4.69) is 5.32 Å². The van der Waals surface area contributed by atoms with Crippen molar-refractivity contribution in [1.29, 1.82) is 0 Å². The standard InChI is InChI=1S/C25H23B2N3O6/c26-18-10-14(4-5-15(18)11-29-8-9-35-13-22(29)32)23(27)36-20-3-1-2-16-17(20)12-30(25(16)34)19-6-7-21(31)28-24(19)33/h1-5,10,19,23H,6-9,11-13H2,(H,28,31,33). The van der Waals surface area contributed by atoms with E-state index >= 15 is 0 Å². The van der Waals surface area contributed by atoms with Gasteiger partial charge >= 0.3 is 0 Å². The number of hydrogen-bond acceptors (Lipinski definition) is 6. The molecule has 180 valence electrons. The Morgan fingerprint density at radius 1 is 1.17 bits per heavy atom. The van der Waals surface area contributed by atoms with E-state index in [1.807, 2.05) is 6.07 Å². The minimum Gasteiger partial charge on any atom is -0.496 e. The first-order valence-electron chi connectivity index (χ1n) is 11.7. The van der Waals surface area contributed by atoms with Gasteiger partial charge in [-0.05, 0) is 29.7 Å². The molecule has 11 heteroatoms. The topological polar surface area (TPSA) is 105 Å². The van der Waals surface area contributed by atoms with Crippen molar-refractivity contribution in [1.82, 2.24) is 15.1 Å². The van der Waals surface area contributed by atoms with Gasteiger partial charge in [-0.1, -0.05) is 29.7 Å². The van der Waals surface area contributed by atoms with E-state index in [0.29, 0.717) is 47.6 Å². The lowest BCUT2D eigenvalue weighted by molar-refractivity contribution is -0.143. The molecule has 2 saturated heterocycles. The Bertz CT molecular complexity index is 1250. The van der Waals surface area contributed by atoms with Crippen LogP contribution in [0.15, 0.2) is 36.4 Å². The molecule has 0 aliphatic carbocycles. The summed E-state index contributed by atoms with van der Waals surface area (Å²) in [7, 11) is 12.6. The van der Waals surface area contributed by atoms with Crippen LogP contribution in [0.4, 0.5) is 0 Å². The van der Waals surface area contributed by atoms with Gasteiger partial charge in [0.1, 0.15) is 34.1 Å². The van der Waals surface area contributed by atoms with Crippen LogP contribution in [0, 0.1) is 0 Å². The van der Waals surface area contributed by atoms with Crippen LogP contribution in [0.2, 0.25) is 0 Å². The second-order valence-corrected chi connectivity index (χ2v) is 9.05. The molecular weight excluding hydrogens is 460 g/mol. The molecule has 3 aliphatic rings. The maximum Gasteiger partial charge on any atom is 0.255 e. The monoisotopic (exact) mass is 483 g/mol. The largest absolute Gasteiger partial charge is 0.496 e. The summed E-state index contributed by atoms with van der Waals surface area (Å²) in [6.07, 6.45) is 0.462. The molecule has 36 heavy (non-hydrogen) atoms. The lowest BCUT2D eigenvalue weighted by Crippen LogP contribution is -2.52. The van der Waals surface area contributed by atoms with Gasteiger partial charge in [0, 0.05) is 30.6 Å². The molecule has 2 atom stereocenters. The lowest BCUT2D eigenvalue weighted by Gasteiger charge is -2.29. The highest BCUT2D eigenvalue weighted by Gasteiger charge is 2.40. The number of carbonyl (C=O) groups is 4.